The highest BCUT2D eigenvalue weighted by molar-refractivity contribution is 7.87. The molecule has 320 valence electrons. The molecular weight excluding hydrogens is 940 g/mol. The number of azo groups is 2. The van der Waals surface area contributed by atoms with Crippen LogP contribution < -0.4 is 16.8 Å². The molecule has 0 fully saturated rings. The first-order valence-corrected chi connectivity index (χ1v) is 23.1. The molecule has 0 radical (unpaired) electrons. The molecule has 0 bridgehead atoms. The summed E-state index contributed by atoms with van der Waals surface area (Å²) < 4.78 is 174. The predicted molar refractivity (Wildman–Crippen MR) is 210 cm³/mol. The summed E-state index contributed by atoms with van der Waals surface area (Å²) in [6, 6.07) is 8.37. The number of benzene rings is 5. The molecule has 0 unspecified atom stereocenters. The Morgan fingerprint density at radius 2 is 1.15 bits per heavy atom. The third-order valence-corrected chi connectivity index (χ3v) is 12.7. The zero-order chi connectivity index (χ0) is 45.2. The lowest BCUT2D eigenvalue weighted by Crippen LogP contribution is -2.04. The molecule has 0 saturated heterocycles. The third kappa shape index (κ3) is 9.15. The molecule has 26 nitrogen and oxygen atoms in total. The Labute approximate surface area is 346 Å². The van der Waals surface area contributed by atoms with Gasteiger partial charge >= 0.3 is 0 Å². The molecule has 0 atom stereocenters. The van der Waals surface area contributed by atoms with Crippen molar-refractivity contribution < 1.29 is 70.0 Å². The second-order valence-corrected chi connectivity index (χ2v) is 19.2. The van der Waals surface area contributed by atoms with E-state index in [1.165, 1.54) is 0 Å². The van der Waals surface area contributed by atoms with Gasteiger partial charge in [0.25, 0.3) is 50.6 Å². The summed E-state index contributed by atoms with van der Waals surface area (Å²) in [5.41, 5.74) is 6.89. The van der Waals surface area contributed by atoms with Gasteiger partial charge in [0, 0.05) is 16.5 Å². The minimum Gasteiger partial charge on any atom is -0.505 e. The van der Waals surface area contributed by atoms with Crippen LogP contribution in [-0.4, -0.2) is 84.9 Å². The highest BCUT2D eigenvalue weighted by Crippen LogP contribution is 2.49. The maximum absolute atomic E-state index is 12.6. The molecule has 6 rings (SSSR count). The van der Waals surface area contributed by atoms with Crippen molar-refractivity contribution in [1.29, 1.82) is 0 Å². The summed E-state index contributed by atoms with van der Waals surface area (Å²) in [6.07, 6.45) is 0. The molecule has 11 N–H and O–H groups in total. The van der Waals surface area contributed by atoms with Crippen molar-refractivity contribution in [3.05, 3.63) is 65.9 Å². The summed E-state index contributed by atoms with van der Waals surface area (Å²) >= 11 is 5.78. The minimum absolute atomic E-state index is 0.0719. The largest absolute Gasteiger partial charge is 0.505 e. The van der Waals surface area contributed by atoms with E-state index in [0.29, 0.717) is 12.1 Å². The van der Waals surface area contributed by atoms with Crippen molar-refractivity contribution in [2.45, 2.75) is 24.5 Å². The molecule has 0 aliphatic carbocycles. The summed E-state index contributed by atoms with van der Waals surface area (Å²) in [4.78, 5) is 5.70. The van der Waals surface area contributed by atoms with Gasteiger partial charge in [0.1, 0.15) is 47.2 Å². The minimum atomic E-state index is -5.50. The number of aromatic nitrogens is 3. The van der Waals surface area contributed by atoms with E-state index < -0.39 is 131 Å². The van der Waals surface area contributed by atoms with Crippen molar-refractivity contribution >= 4 is 130 Å². The third-order valence-electron chi connectivity index (χ3n) is 7.99. The Hall–Kier alpha value is -6.13. The fraction of sp³-hybridized carbons (Fsp3) is 0. The van der Waals surface area contributed by atoms with Crippen molar-refractivity contribution in [2.24, 2.45) is 20.5 Å². The predicted octanol–water partition coefficient (Wildman–Crippen LogP) is 4.51. The van der Waals surface area contributed by atoms with E-state index in [0.717, 1.165) is 48.5 Å². The number of nitrogens with one attached hydrogen (secondary N) is 1. The maximum Gasteiger partial charge on any atom is 0.297 e. The Kier molecular flexibility index (Phi) is 11.2. The highest BCUT2D eigenvalue weighted by atomic mass is 35.5. The van der Waals surface area contributed by atoms with Gasteiger partial charge in [-0.2, -0.15) is 57.0 Å². The molecule has 32 heteroatoms. The maximum atomic E-state index is 12.6. The monoisotopic (exact) mass is 960 g/mol. The number of phenols is 1. The summed E-state index contributed by atoms with van der Waals surface area (Å²) in [7, 11) is -26.4. The molecule has 0 amide bonds. The second kappa shape index (κ2) is 15.4. The van der Waals surface area contributed by atoms with E-state index in [4.69, 9.17) is 23.1 Å². The fourth-order valence-corrected chi connectivity index (χ4v) is 9.25. The summed E-state index contributed by atoms with van der Waals surface area (Å²) in [5, 5.41) is 25.8. The number of halogens is 1. The number of hydrogen-bond donors (Lipinski definition) is 9. The number of rotatable bonds is 11. The normalized spacial score (nSPS) is 13.1. The number of nitrogens with two attached hydrogens (primary N) is 2. The average molecular weight is 961 g/mol. The molecule has 61 heavy (non-hydrogen) atoms. The molecular formula is C29H21ClN10O16S5. The average Bonchev–Trinajstić information content (AvgIpc) is 3.10. The SMILES string of the molecule is Nc1nc(Cl)nc(Nc2ccc(S(=O)(=O)O)c(N=Nc3c(S(=O)(=O)O)cc4cc(S(=O)(=O)O)c(N=Nc5ccc6c(S(=O)(=O)O)cccc6c5S(=O)(=O)O)c(O)c4c3N)c2)n1. The molecule has 5 aromatic carbocycles. The molecule has 0 aliphatic heterocycles. The van der Waals surface area contributed by atoms with E-state index in [9.17, 15) is 70.0 Å². The molecule has 0 aliphatic rings. The number of fused-ring (bicyclic) bond motifs is 2. The van der Waals surface area contributed by atoms with E-state index in [2.05, 4.69) is 40.7 Å². The molecule has 1 heterocycles. The van der Waals surface area contributed by atoms with Crippen LogP contribution in [0, 0.1) is 0 Å². The van der Waals surface area contributed by atoms with Crippen LogP contribution in [0.3, 0.4) is 0 Å². The van der Waals surface area contributed by atoms with E-state index in [-0.39, 0.29) is 22.9 Å². The van der Waals surface area contributed by atoms with E-state index in [1.54, 1.807) is 0 Å². The van der Waals surface area contributed by atoms with Gasteiger partial charge < -0.3 is 21.9 Å². The molecule has 0 spiro atoms. The van der Waals surface area contributed by atoms with E-state index >= 15 is 0 Å². The first kappa shape index (κ1) is 44.4. The van der Waals surface area contributed by atoms with Gasteiger partial charge in [-0.05, 0) is 59.5 Å². The lowest BCUT2D eigenvalue weighted by atomic mass is 10.1. The molecule has 0 saturated carbocycles. The number of phenolic OH excluding ortho intramolecular Hbond substituents is 1. The number of nitrogens with zero attached hydrogens (tertiary/aromatic N) is 7. The quantitative estimate of drug-likeness (QED) is 0.0490. The van der Waals surface area contributed by atoms with Gasteiger partial charge in [0.05, 0.1) is 11.1 Å². The van der Waals surface area contributed by atoms with E-state index in [1.807, 2.05) is 0 Å². The first-order chi connectivity index (χ1) is 28.1. The topological polar surface area (TPSA) is 444 Å². The number of hydrogen-bond acceptors (Lipinski definition) is 21. The summed E-state index contributed by atoms with van der Waals surface area (Å²) in [6.45, 7) is 0. The van der Waals surface area contributed by atoms with Crippen LogP contribution >= 0.6 is 11.6 Å². The van der Waals surface area contributed by atoms with Crippen molar-refractivity contribution in [3.63, 3.8) is 0 Å². The lowest BCUT2D eigenvalue weighted by molar-refractivity contribution is 0.472. The highest BCUT2D eigenvalue weighted by Gasteiger charge is 2.29. The lowest BCUT2D eigenvalue weighted by Gasteiger charge is -2.14. The Morgan fingerprint density at radius 3 is 1.72 bits per heavy atom. The van der Waals surface area contributed by atoms with Crippen LogP contribution in [0.1, 0.15) is 0 Å². The number of anilines is 4. The van der Waals surface area contributed by atoms with Gasteiger partial charge in [-0.1, -0.05) is 18.2 Å². The molecule has 6 aromatic rings. The zero-order valence-corrected chi connectivity index (χ0v) is 34.1. The van der Waals surface area contributed by atoms with Crippen LogP contribution in [-0.2, 0) is 50.6 Å². The van der Waals surface area contributed by atoms with Gasteiger partial charge in [-0.25, -0.2) is 0 Å². The van der Waals surface area contributed by atoms with Crippen LogP contribution in [0.5, 0.6) is 5.75 Å². The first-order valence-electron chi connectivity index (χ1n) is 15.5. The smallest absolute Gasteiger partial charge is 0.297 e. The van der Waals surface area contributed by atoms with Gasteiger partial charge in [-0.15, -0.1) is 20.5 Å². The fourth-order valence-electron chi connectivity index (χ4n) is 5.62. The van der Waals surface area contributed by atoms with Crippen LogP contribution in [0.4, 0.5) is 46.0 Å². The zero-order valence-electron chi connectivity index (χ0n) is 29.2. The second-order valence-electron chi connectivity index (χ2n) is 11.9. The van der Waals surface area contributed by atoms with Crippen LogP contribution in [0.15, 0.2) is 106 Å². The van der Waals surface area contributed by atoms with Crippen molar-refractivity contribution in [3.8, 4) is 5.75 Å². The Morgan fingerprint density at radius 1 is 0.574 bits per heavy atom. The standard InChI is InChI=1S/C29H21ClN10O16S5/c30-27-34-28(32)36-29(35-27)33-12-4-7-18(58(45,46)47)16(10-12)38-39-23-19(59(48,49)50)8-11-9-20(60(51,52)53)24(25(41)21(11)22(23)31)40-37-15-6-5-13-14(26(15)61(54,55)56)2-1-3-17(13)57(42,43)44/h1-10,41H,31H2,(H,42,43,44)(H,45,46,47)(H,48,49,50)(H,51,52,53)(H,54,55,56)(H3,32,33,34,35,36). The Balaban J connectivity index is 1.59. The molecule has 1 aromatic heterocycles. The van der Waals surface area contributed by atoms with Crippen LogP contribution in [0.2, 0.25) is 5.28 Å². The van der Waals surface area contributed by atoms with Crippen molar-refractivity contribution in [1.82, 2.24) is 15.0 Å². The van der Waals surface area contributed by atoms with Crippen LogP contribution in [0.25, 0.3) is 21.5 Å². The number of aromatic hydroxyl groups is 1. The van der Waals surface area contributed by atoms with Gasteiger partial charge in [0.15, 0.2) is 5.75 Å². The van der Waals surface area contributed by atoms with Gasteiger partial charge in [0.2, 0.25) is 17.2 Å². The summed E-state index contributed by atoms with van der Waals surface area (Å²) in [5.74, 6) is -1.93. The van der Waals surface area contributed by atoms with Crippen molar-refractivity contribution in [2.75, 3.05) is 16.8 Å². The van der Waals surface area contributed by atoms with Gasteiger partial charge in [-0.3, -0.25) is 22.8 Å². The Bertz CT molecular complexity index is 3520. The number of nitrogen functional groups attached to an aromatic ring is 2.